The second kappa shape index (κ2) is 6.40. The van der Waals surface area contributed by atoms with Gasteiger partial charge in [-0.05, 0) is 36.3 Å². The van der Waals surface area contributed by atoms with Gasteiger partial charge in [0.05, 0.1) is 5.54 Å². The van der Waals surface area contributed by atoms with E-state index in [4.69, 9.17) is 5.73 Å². The summed E-state index contributed by atoms with van der Waals surface area (Å²) < 4.78 is 0. The van der Waals surface area contributed by atoms with Gasteiger partial charge in [-0.3, -0.25) is 4.79 Å². The maximum atomic E-state index is 12.4. The highest BCUT2D eigenvalue weighted by atomic mass is 16.2. The lowest BCUT2D eigenvalue weighted by molar-refractivity contribution is -0.128. The molecule has 0 spiro atoms. The fourth-order valence-corrected chi connectivity index (χ4v) is 3.22. The van der Waals surface area contributed by atoms with Crippen LogP contribution in [0.4, 0.5) is 0 Å². The number of carbonyl (C=O) groups is 1. The van der Waals surface area contributed by atoms with Crippen LogP contribution in [-0.2, 0) is 17.8 Å². The van der Waals surface area contributed by atoms with Crippen LogP contribution in [0.2, 0.25) is 0 Å². The number of carbonyl (C=O) groups excluding carboxylic acids is 1. The summed E-state index contributed by atoms with van der Waals surface area (Å²) in [6.07, 6.45) is 4.82. The first-order valence-electron chi connectivity index (χ1n) is 7.69. The Morgan fingerprint density at radius 2 is 2.10 bits per heavy atom. The van der Waals surface area contributed by atoms with Crippen molar-refractivity contribution < 1.29 is 4.79 Å². The second-order valence-electron chi connectivity index (χ2n) is 6.16. The summed E-state index contributed by atoms with van der Waals surface area (Å²) in [4.78, 5) is 12.4. The molecule has 1 aliphatic carbocycles. The minimum atomic E-state index is -0.668. The number of aryl methyl sites for hydroxylation is 1. The van der Waals surface area contributed by atoms with E-state index in [-0.39, 0.29) is 5.91 Å². The van der Waals surface area contributed by atoms with Gasteiger partial charge >= 0.3 is 0 Å². The van der Waals surface area contributed by atoms with Gasteiger partial charge < -0.3 is 11.1 Å². The highest BCUT2D eigenvalue weighted by Crippen LogP contribution is 2.30. The summed E-state index contributed by atoms with van der Waals surface area (Å²) in [5.74, 6) is 0.553. The molecule has 0 saturated heterocycles. The minimum absolute atomic E-state index is 0.00922. The molecule has 1 amide bonds. The lowest BCUT2D eigenvalue weighted by Crippen LogP contribution is -2.56. The van der Waals surface area contributed by atoms with E-state index in [1.165, 1.54) is 17.5 Å². The Morgan fingerprint density at radius 1 is 1.40 bits per heavy atom. The van der Waals surface area contributed by atoms with Gasteiger partial charge in [0.15, 0.2) is 0 Å². The largest absolute Gasteiger partial charge is 0.350 e. The van der Waals surface area contributed by atoms with Gasteiger partial charge in [-0.1, -0.05) is 51.0 Å². The van der Waals surface area contributed by atoms with Gasteiger partial charge in [0.2, 0.25) is 5.91 Å². The molecule has 110 valence electrons. The van der Waals surface area contributed by atoms with Gasteiger partial charge in [-0.15, -0.1) is 0 Å². The van der Waals surface area contributed by atoms with Crippen LogP contribution in [0.1, 0.15) is 50.7 Å². The van der Waals surface area contributed by atoms with Crippen LogP contribution in [0.5, 0.6) is 0 Å². The van der Waals surface area contributed by atoms with Crippen LogP contribution >= 0.6 is 0 Å². The molecule has 1 aromatic carbocycles. The summed E-state index contributed by atoms with van der Waals surface area (Å²) in [5, 5.41) is 3.04. The van der Waals surface area contributed by atoms with Gasteiger partial charge in [0.25, 0.3) is 0 Å². The van der Waals surface area contributed by atoms with E-state index in [2.05, 4.69) is 31.3 Å². The lowest BCUT2D eigenvalue weighted by Gasteiger charge is -2.35. The Balaban J connectivity index is 1.98. The Labute approximate surface area is 121 Å². The molecule has 2 rings (SSSR count). The van der Waals surface area contributed by atoms with Crippen molar-refractivity contribution in [3.63, 3.8) is 0 Å². The molecule has 3 heteroatoms. The Morgan fingerprint density at radius 3 is 2.75 bits per heavy atom. The zero-order valence-electron chi connectivity index (χ0n) is 12.6. The van der Waals surface area contributed by atoms with Crippen molar-refractivity contribution >= 4 is 5.91 Å². The minimum Gasteiger partial charge on any atom is -0.350 e. The van der Waals surface area contributed by atoms with Crippen molar-refractivity contribution in [1.82, 2.24) is 5.32 Å². The van der Waals surface area contributed by atoms with Crippen molar-refractivity contribution in [3.05, 3.63) is 35.4 Å². The summed E-state index contributed by atoms with van der Waals surface area (Å²) in [6.45, 7) is 4.89. The molecule has 0 heterocycles. The van der Waals surface area contributed by atoms with Crippen LogP contribution < -0.4 is 11.1 Å². The number of nitrogens with one attached hydrogen (secondary N) is 1. The van der Waals surface area contributed by atoms with E-state index in [1.807, 2.05) is 12.1 Å². The molecule has 20 heavy (non-hydrogen) atoms. The predicted molar refractivity (Wildman–Crippen MR) is 82.2 cm³/mol. The van der Waals surface area contributed by atoms with E-state index in [9.17, 15) is 4.79 Å². The molecule has 0 aliphatic heterocycles. The van der Waals surface area contributed by atoms with Crippen molar-refractivity contribution in [2.45, 2.75) is 58.0 Å². The van der Waals surface area contributed by atoms with E-state index in [0.29, 0.717) is 12.5 Å². The maximum absolute atomic E-state index is 12.4. The predicted octanol–water partition coefficient (Wildman–Crippen LogP) is 2.77. The highest BCUT2D eigenvalue weighted by molar-refractivity contribution is 5.86. The smallest absolute Gasteiger partial charge is 0.240 e. The van der Waals surface area contributed by atoms with Gasteiger partial charge in [0, 0.05) is 6.54 Å². The first-order valence-corrected chi connectivity index (χ1v) is 7.69. The molecular formula is C17H26N2O. The van der Waals surface area contributed by atoms with Gasteiger partial charge in [-0.2, -0.15) is 0 Å². The summed E-state index contributed by atoms with van der Waals surface area (Å²) >= 11 is 0. The molecule has 2 unspecified atom stereocenters. The number of hydrogen-bond donors (Lipinski definition) is 2. The summed E-state index contributed by atoms with van der Waals surface area (Å²) in [7, 11) is 0. The standard InChI is InChI=1S/C17H26N2O/c1-3-14-8-4-5-9-15(14)12-19-16(20)17(18)10-6-7-13(2)11-17/h4-5,8-9,13H,3,6-7,10-12,18H2,1-2H3,(H,19,20). The van der Waals surface area contributed by atoms with E-state index >= 15 is 0 Å². The summed E-state index contributed by atoms with van der Waals surface area (Å²) in [5.41, 5.74) is 8.13. The Bertz CT molecular complexity index is 472. The SMILES string of the molecule is CCc1ccccc1CNC(=O)C1(N)CCCC(C)C1. The third kappa shape index (κ3) is 3.40. The zero-order valence-corrected chi connectivity index (χ0v) is 12.6. The highest BCUT2D eigenvalue weighted by Gasteiger charge is 2.37. The molecule has 0 aromatic heterocycles. The van der Waals surface area contributed by atoms with Gasteiger partial charge in [0.1, 0.15) is 0 Å². The molecule has 0 radical (unpaired) electrons. The van der Waals surface area contributed by atoms with E-state index in [1.54, 1.807) is 0 Å². The first kappa shape index (κ1) is 15.0. The molecule has 1 fully saturated rings. The molecule has 2 atom stereocenters. The van der Waals surface area contributed by atoms with Crippen molar-refractivity contribution in [3.8, 4) is 0 Å². The molecule has 0 bridgehead atoms. The normalized spacial score (nSPS) is 26.2. The lowest BCUT2D eigenvalue weighted by atomic mass is 9.76. The van der Waals surface area contributed by atoms with Crippen LogP contribution in [0.15, 0.2) is 24.3 Å². The zero-order chi connectivity index (χ0) is 14.6. The molecule has 3 N–H and O–H groups in total. The average molecular weight is 274 g/mol. The number of hydrogen-bond acceptors (Lipinski definition) is 2. The van der Waals surface area contributed by atoms with Gasteiger partial charge in [-0.25, -0.2) is 0 Å². The van der Waals surface area contributed by atoms with E-state index < -0.39 is 5.54 Å². The number of nitrogens with two attached hydrogens (primary N) is 1. The second-order valence-corrected chi connectivity index (χ2v) is 6.16. The van der Waals surface area contributed by atoms with Crippen LogP contribution in [0, 0.1) is 5.92 Å². The van der Waals surface area contributed by atoms with Crippen molar-refractivity contribution in [2.24, 2.45) is 11.7 Å². The van der Waals surface area contributed by atoms with Crippen molar-refractivity contribution in [1.29, 1.82) is 0 Å². The number of rotatable bonds is 4. The quantitative estimate of drug-likeness (QED) is 0.887. The third-order valence-corrected chi connectivity index (χ3v) is 4.42. The molecular weight excluding hydrogens is 248 g/mol. The fourth-order valence-electron chi connectivity index (χ4n) is 3.22. The van der Waals surface area contributed by atoms with Crippen molar-refractivity contribution in [2.75, 3.05) is 0 Å². The summed E-state index contributed by atoms with van der Waals surface area (Å²) in [6, 6.07) is 8.24. The Hall–Kier alpha value is -1.35. The fraction of sp³-hybridized carbons (Fsp3) is 0.588. The monoisotopic (exact) mass is 274 g/mol. The molecule has 1 aliphatic rings. The number of benzene rings is 1. The Kier molecular flexibility index (Phi) is 4.81. The first-order chi connectivity index (χ1) is 9.55. The number of amides is 1. The van der Waals surface area contributed by atoms with E-state index in [0.717, 1.165) is 25.7 Å². The molecule has 1 saturated carbocycles. The molecule has 1 aromatic rings. The van der Waals surface area contributed by atoms with Crippen LogP contribution in [-0.4, -0.2) is 11.4 Å². The topological polar surface area (TPSA) is 55.1 Å². The maximum Gasteiger partial charge on any atom is 0.240 e. The van der Waals surface area contributed by atoms with Crippen LogP contribution in [0.25, 0.3) is 0 Å². The van der Waals surface area contributed by atoms with Crippen LogP contribution in [0.3, 0.4) is 0 Å². The average Bonchev–Trinajstić information content (AvgIpc) is 2.44. The molecule has 3 nitrogen and oxygen atoms in total. The third-order valence-electron chi connectivity index (χ3n) is 4.42.